The quantitative estimate of drug-likeness (QED) is 0.853. The minimum absolute atomic E-state index is 0.219. The fraction of sp³-hybridized carbons (Fsp3) is 0.609. The largest absolute Gasteiger partial charge is 0.358 e. The van der Waals surface area contributed by atoms with E-state index < -0.39 is 0 Å². The fourth-order valence-corrected chi connectivity index (χ4v) is 5.25. The van der Waals surface area contributed by atoms with Gasteiger partial charge in [0.1, 0.15) is 0 Å². The number of aryl methyl sites for hydroxylation is 1. The van der Waals surface area contributed by atoms with E-state index >= 15 is 0 Å². The first-order chi connectivity index (χ1) is 12.9. The number of hydrogen-bond donors (Lipinski definition) is 2. The predicted molar refractivity (Wildman–Crippen MR) is 111 cm³/mol. The number of amides is 1. The van der Waals surface area contributed by atoms with Crippen molar-refractivity contribution >= 4 is 16.8 Å². The van der Waals surface area contributed by atoms with E-state index in [9.17, 15) is 4.79 Å². The van der Waals surface area contributed by atoms with Crippen LogP contribution in [0.4, 0.5) is 0 Å². The second kappa shape index (κ2) is 6.66. The summed E-state index contributed by atoms with van der Waals surface area (Å²) in [6, 6.07) is 7.41. The van der Waals surface area contributed by atoms with Crippen molar-refractivity contribution in [3.63, 3.8) is 0 Å². The van der Waals surface area contributed by atoms with E-state index in [2.05, 4.69) is 68.1 Å². The second-order valence-electron chi connectivity index (χ2n) is 8.99. The van der Waals surface area contributed by atoms with E-state index in [1.54, 1.807) is 0 Å². The Bertz CT molecular complexity index is 864. The number of aromatic amines is 1. The molecule has 1 fully saturated rings. The van der Waals surface area contributed by atoms with Crippen molar-refractivity contribution in [2.24, 2.45) is 5.41 Å². The minimum Gasteiger partial charge on any atom is -0.358 e. The highest BCUT2D eigenvalue weighted by Crippen LogP contribution is 2.44. The number of nitrogens with zero attached hydrogens (tertiary/aromatic N) is 1. The highest BCUT2D eigenvalue weighted by Gasteiger charge is 2.41. The van der Waals surface area contributed by atoms with E-state index in [1.165, 1.54) is 27.7 Å². The number of carbonyl (C=O) groups excluding carboxylic acids is 1. The van der Waals surface area contributed by atoms with Gasteiger partial charge in [0.05, 0.1) is 0 Å². The molecule has 0 saturated carbocycles. The lowest BCUT2D eigenvalue weighted by molar-refractivity contribution is -0.131. The number of hydrogen-bond acceptors (Lipinski definition) is 2. The van der Waals surface area contributed by atoms with Gasteiger partial charge in [0.25, 0.3) is 0 Å². The van der Waals surface area contributed by atoms with Crippen molar-refractivity contribution in [3.05, 3.63) is 35.0 Å². The Hall–Kier alpha value is -1.81. The Kier molecular flexibility index (Phi) is 4.58. The molecule has 0 bridgehead atoms. The molecule has 1 aliphatic carbocycles. The fourth-order valence-electron chi connectivity index (χ4n) is 5.25. The number of aromatic nitrogens is 1. The van der Waals surface area contributed by atoms with Crippen LogP contribution >= 0.6 is 0 Å². The van der Waals surface area contributed by atoms with Crippen molar-refractivity contribution in [1.82, 2.24) is 15.2 Å². The van der Waals surface area contributed by atoms with Gasteiger partial charge in [-0.05, 0) is 56.8 Å². The monoisotopic (exact) mass is 367 g/mol. The van der Waals surface area contributed by atoms with E-state index in [4.69, 9.17) is 0 Å². The number of nitrogens with one attached hydrogen (secondary N) is 2. The summed E-state index contributed by atoms with van der Waals surface area (Å²) in [5.74, 6) is 0.700. The topological polar surface area (TPSA) is 48.1 Å². The van der Waals surface area contributed by atoms with Gasteiger partial charge in [-0.2, -0.15) is 0 Å². The van der Waals surface area contributed by atoms with Crippen LogP contribution in [0.1, 0.15) is 62.8 Å². The number of rotatable bonds is 4. The first kappa shape index (κ1) is 18.5. The maximum absolute atomic E-state index is 12.9. The minimum atomic E-state index is -0.257. The zero-order valence-electron chi connectivity index (χ0n) is 17.4. The van der Waals surface area contributed by atoms with Gasteiger partial charge in [-0.25, -0.2) is 0 Å². The van der Waals surface area contributed by atoms with Gasteiger partial charge < -0.3 is 15.2 Å². The van der Waals surface area contributed by atoms with E-state index in [1.807, 2.05) is 0 Å². The summed E-state index contributed by atoms with van der Waals surface area (Å²) < 4.78 is 0. The number of piperidine rings is 1. The number of H-pyrrole nitrogens is 1. The molecule has 0 spiro atoms. The molecule has 4 rings (SSSR count). The van der Waals surface area contributed by atoms with Gasteiger partial charge in [-0.15, -0.1) is 0 Å². The third-order valence-electron chi connectivity index (χ3n) is 7.51. The standard InChI is InChI=1S/C23H33N3O/c1-6-23(4,7-2)22(27)25-15-11-18-16-9-8-10-19-21(16)17(14(3)24-19)12-20(18)26(5)13-15/h8-10,15,18,20,24H,6-7,11-13H2,1-5H3,(H,25,27). The molecule has 0 radical (unpaired) electrons. The lowest BCUT2D eigenvalue weighted by Gasteiger charge is -2.46. The van der Waals surface area contributed by atoms with Crippen LogP contribution in [-0.2, 0) is 11.2 Å². The zero-order valence-corrected chi connectivity index (χ0v) is 17.4. The smallest absolute Gasteiger partial charge is 0.226 e. The number of likely N-dealkylation sites (N-methyl/N-ethyl adjacent to an activating group) is 1. The summed E-state index contributed by atoms with van der Waals surface area (Å²) in [4.78, 5) is 19.0. The van der Waals surface area contributed by atoms with Crippen molar-refractivity contribution in [2.75, 3.05) is 13.6 Å². The van der Waals surface area contributed by atoms with Crippen LogP contribution in [-0.4, -0.2) is 41.5 Å². The lowest BCUT2D eigenvalue weighted by atomic mass is 9.73. The Balaban J connectivity index is 1.63. The summed E-state index contributed by atoms with van der Waals surface area (Å²) in [7, 11) is 2.22. The molecule has 2 aliphatic rings. The maximum Gasteiger partial charge on any atom is 0.226 e. The normalized spacial score (nSPS) is 25.4. The van der Waals surface area contributed by atoms with Crippen LogP contribution in [0.3, 0.4) is 0 Å². The maximum atomic E-state index is 12.9. The summed E-state index contributed by atoms with van der Waals surface area (Å²) in [5, 5.41) is 4.83. The van der Waals surface area contributed by atoms with Gasteiger partial charge in [0, 0.05) is 46.6 Å². The van der Waals surface area contributed by atoms with Crippen LogP contribution in [0, 0.1) is 12.3 Å². The molecule has 27 heavy (non-hydrogen) atoms. The molecule has 146 valence electrons. The van der Waals surface area contributed by atoms with Crippen molar-refractivity contribution < 1.29 is 4.79 Å². The van der Waals surface area contributed by atoms with Crippen molar-refractivity contribution in [1.29, 1.82) is 0 Å². The SMILES string of the molecule is CCC(C)(CC)C(=O)NC1CC2c3cccc4[nH]c(C)c(c34)CC2N(C)C1. The molecule has 4 heteroatoms. The van der Waals surface area contributed by atoms with Gasteiger partial charge in [-0.1, -0.05) is 32.9 Å². The molecule has 1 aromatic carbocycles. The predicted octanol–water partition coefficient (Wildman–Crippen LogP) is 4.13. The molecule has 2 heterocycles. The van der Waals surface area contributed by atoms with Crippen molar-refractivity contribution in [3.8, 4) is 0 Å². The molecule has 3 unspecified atom stereocenters. The highest BCUT2D eigenvalue weighted by atomic mass is 16.2. The molecule has 1 amide bonds. The molecular weight excluding hydrogens is 334 g/mol. The number of carbonyl (C=O) groups is 1. The van der Waals surface area contributed by atoms with Gasteiger partial charge in [0.15, 0.2) is 0 Å². The third-order valence-corrected chi connectivity index (χ3v) is 7.51. The Morgan fingerprint density at radius 1 is 1.33 bits per heavy atom. The molecule has 1 saturated heterocycles. The molecule has 4 nitrogen and oxygen atoms in total. The van der Waals surface area contributed by atoms with Gasteiger partial charge in [-0.3, -0.25) is 4.79 Å². The van der Waals surface area contributed by atoms with E-state index in [0.717, 1.165) is 32.2 Å². The third kappa shape index (κ3) is 2.89. The Morgan fingerprint density at radius 3 is 2.78 bits per heavy atom. The molecule has 3 atom stereocenters. The van der Waals surface area contributed by atoms with Crippen LogP contribution in [0.5, 0.6) is 0 Å². The van der Waals surface area contributed by atoms with E-state index in [-0.39, 0.29) is 17.4 Å². The van der Waals surface area contributed by atoms with Gasteiger partial charge in [0.2, 0.25) is 5.91 Å². The summed E-state index contributed by atoms with van der Waals surface area (Å²) in [5.41, 5.74) is 5.26. The zero-order chi connectivity index (χ0) is 19.3. The van der Waals surface area contributed by atoms with E-state index in [0.29, 0.717) is 12.0 Å². The summed E-state index contributed by atoms with van der Waals surface area (Å²) in [6.07, 6.45) is 3.91. The molecule has 1 aromatic heterocycles. The number of fused-ring (bicyclic) bond motifs is 2. The highest BCUT2D eigenvalue weighted by molar-refractivity contribution is 5.89. The molecule has 2 aromatic rings. The van der Waals surface area contributed by atoms with Crippen molar-refractivity contribution in [2.45, 2.75) is 71.4 Å². The van der Waals surface area contributed by atoms with Crippen LogP contribution in [0.15, 0.2) is 18.2 Å². The average molecular weight is 368 g/mol. The number of benzene rings is 1. The average Bonchev–Trinajstić information content (AvgIpc) is 2.98. The second-order valence-corrected chi connectivity index (χ2v) is 8.99. The Morgan fingerprint density at radius 2 is 2.07 bits per heavy atom. The Labute approximate surface area is 162 Å². The molecular formula is C23H33N3O. The number of likely N-dealkylation sites (tertiary alicyclic amines) is 1. The molecule has 1 aliphatic heterocycles. The van der Waals surface area contributed by atoms with Gasteiger partial charge >= 0.3 is 0 Å². The van der Waals surface area contributed by atoms with Crippen LogP contribution in [0.2, 0.25) is 0 Å². The lowest BCUT2D eigenvalue weighted by Crippen LogP contribution is -2.56. The molecule has 2 N–H and O–H groups in total. The summed E-state index contributed by atoms with van der Waals surface area (Å²) >= 11 is 0. The van der Waals surface area contributed by atoms with Crippen LogP contribution in [0.25, 0.3) is 10.9 Å². The van der Waals surface area contributed by atoms with Crippen LogP contribution < -0.4 is 5.32 Å². The first-order valence-corrected chi connectivity index (χ1v) is 10.5. The summed E-state index contributed by atoms with van der Waals surface area (Å²) in [6.45, 7) is 9.45. The first-order valence-electron chi connectivity index (χ1n) is 10.5.